The van der Waals surface area contributed by atoms with Crippen LogP contribution in [0, 0.1) is 34.5 Å². The molecule has 2 fully saturated rings. The molecular weight excluding hydrogens is 548 g/mol. The molecule has 3 aromatic carbocycles. The van der Waals surface area contributed by atoms with E-state index in [1.807, 2.05) is 42.5 Å². The van der Waals surface area contributed by atoms with Gasteiger partial charge in [-0.05, 0) is 102 Å². The molecule has 4 nitrogen and oxygen atoms in total. The van der Waals surface area contributed by atoms with E-state index in [0.717, 1.165) is 46.4 Å². The van der Waals surface area contributed by atoms with Crippen LogP contribution >= 0.6 is 0 Å². The molecule has 4 heteroatoms. The molecule has 0 amide bonds. The van der Waals surface area contributed by atoms with Crippen LogP contribution in [0.3, 0.4) is 0 Å². The highest BCUT2D eigenvalue weighted by atomic mass is 15.0. The van der Waals surface area contributed by atoms with E-state index >= 15 is 0 Å². The van der Waals surface area contributed by atoms with E-state index in [4.69, 9.17) is 15.0 Å². The molecule has 5 atom stereocenters. The lowest BCUT2D eigenvalue weighted by Gasteiger charge is -2.52. The molecule has 0 radical (unpaired) electrons. The largest absolute Gasteiger partial charge is 0.208 e. The molecule has 8 rings (SSSR count). The van der Waals surface area contributed by atoms with E-state index in [-0.39, 0.29) is 11.3 Å². The van der Waals surface area contributed by atoms with Gasteiger partial charge in [-0.1, -0.05) is 92.7 Å². The van der Waals surface area contributed by atoms with Crippen molar-refractivity contribution in [1.29, 1.82) is 5.26 Å². The van der Waals surface area contributed by atoms with E-state index in [1.165, 1.54) is 54.4 Å². The van der Waals surface area contributed by atoms with Crippen molar-refractivity contribution in [3.05, 3.63) is 125 Å². The summed E-state index contributed by atoms with van der Waals surface area (Å²) in [5, 5.41) is 9.88. The molecule has 2 bridgehead atoms. The maximum atomic E-state index is 9.88. The first kappa shape index (κ1) is 27.9. The minimum atomic E-state index is 0.185. The van der Waals surface area contributed by atoms with Crippen LogP contribution in [0.2, 0.25) is 0 Å². The number of benzene rings is 3. The SMILES string of the molecule is C[C@@H]1CC2C[C@H](C)CC(C3=CC4=CC(c5nc(-c6ccccc6)nc(-c6ccccc6)n5)=CCC4c4cc(C#N)ccc43)(C2)C1. The number of rotatable bonds is 4. The Morgan fingerprint density at radius 2 is 1.36 bits per heavy atom. The molecule has 0 N–H and O–H groups in total. The second-order valence-electron chi connectivity index (χ2n) is 14.0. The predicted molar refractivity (Wildman–Crippen MR) is 181 cm³/mol. The first-order valence-electron chi connectivity index (χ1n) is 16.5. The van der Waals surface area contributed by atoms with E-state index < -0.39 is 0 Å². The quantitative estimate of drug-likeness (QED) is 0.239. The first-order chi connectivity index (χ1) is 22.0. The number of allylic oxidation sites excluding steroid dienone is 6. The van der Waals surface area contributed by atoms with Crippen LogP contribution in [-0.2, 0) is 0 Å². The summed E-state index contributed by atoms with van der Waals surface area (Å²) < 4.78 is 0. The minimum Gasteiger partial charge on any atom is -0.208 e. The lowest BCUT2D eigenvalue weighted by atomic mass is 9.52. The Morgan fingerprint density at radius 3 is 1.98 bits per heavy atom. The summed E-state index contributed by atoms with van der Waals surface area (Å²) in [7, 11) is 0. The molecule has 45 heavy (non-hydrogen) atoms. The fourth-order valence-electron chi connectivity index (χ4n) is 9.15. The Bertz CT molecular complexity index is 1830. The van der Waals surface area contributed by atoms with Gasteiger partial charge in [0, 0.05) is 22.6 Å². The van der Waals surface area contributed by atoms with E-state index in [1.54, 1.807) is 0 Å². The van der Waals surface area contributed by atoms with Crippen LogP contribution in [0.25, 0.3) is 33.9 Å². The summed E-state index contributed by atoms with van der Waals surface area (Å²) in [6, 6.07) is 29.2. The van der Waals surface area contributed by atoms with Crippen LogP contribution in [-0.4, -0.2) is 15.0 Å². The van der Waals surface area contributed by atoms with Crippen molar-refractivity contribution in [3.63, 3.8) is 0 Å². The summed E-state index contributed by atoms with van der Waals surface area (Å²) in [5.74, 6) is 4.54. The molecule has 3 unspecified atom stereocenters. The lowest BCUT2D eigenvalue weighted by Crippen LogP contribution is -2.40. The number of nitrogens with zero attached hydrogens (tertiary/aromatic N) is 4. The fraction of sp³-hybridized carbons (Fsp3) is 0.317. The monoisotopic (exact) mass is 586 g/mol. The summed E-state index contributed by atoms with van der Waals surface area (Å²) in [4.78, 5) is 15.0. The third kappa shape index (κ3) is 5.05. The number of hydrogen-bond acceptors (Lipinski definition) is 4. The van der Waals surface area contributed by atoms with Gasteiger partial charge in [0.15, 0.2) is 17.5 Å². The summed E-state index contributed by atoms with van der Waals surface area (Å²) in [5.41, 5.74) is 9.41. The number of aromatic nitrogens is 3. The molecule has 1 heterocycles. The van der Waals surface area contributed by atoms with Gasteiger partial charge in [-0.3, -0.25) is 0 Å². The van der Waals surface area contributed by atoms with Gasteiger partial charge in [0.05, 0.1) is 11.6 Å². The smallest absolute Gasteiger partial charge is 0.164 e. The minimum absolute atomic E-state index is 0.185. The molecular formula is C41H38N4. The van der Waals surface area contributed by atoms with Crippen LogP contribution < -0.4 is 0 Å². The van der Waals surface area contributed by atoms with Gasteiger partial charge in [0.25, 0.3) is 0 Å². The first-order valence-corrected chi connectivity index (χ1v) is 16.5. The maximum absolute atomic E-state index is 9.88. The average molecular weight is 587 g/mol. The third-order valence-electron chi connectivity index (χ3n) is 10.6. The molecule has 4 aromatic rings. The molecule has 1 aromatic heterocycles. The number of nitriles is 1. The Hall–Kier alpha value is -4.62. The molecule has 222 valence electrons. The highest BCUT2D eigenvalue weighted by Gasteiger charge is 2.48. The average Bonchev–Trinajstić information content (AvgIpc) is 3.07. The molecule has 0 spiro atoms. The second kappa shape index (κ2) is 11.1. The maximum Gasteiger partial charge on any atom is 0.164 e. The van der Waals surface area contributed by atoms with Crippen molar-refractivity contribution in [2.75, 3.05) is 0 Å². The fourth-order valence-corrected chi connectivity index (χ4v) is 9.15. The number of fused-ring (bicyclic) bond motifs is 5. The highest BCUT2D eigenvalue weighted by Crippen LogP contribution is 2.61. The van der Waals surface area contributed by atoms with Crippen molar-refractivity contribution in [3.8, 4) is 28.8 Å². The van der Waals surface area contributed by atoms with Crippen molar-refractivity contribution in [1.82, 2.24) is 15.0 Å². The molecule has 4 aliphatic carbocycles. The zero-order valence-electron chi connectivity index (χ0n) is 26.1. The van der Waals surface area contributed by atoms with Crippen LogP contribution in [0.4, 0.5) is 0 Å². The Labute approximate surface area is 266 Å². The normalized spacial score (nSPS) is 26.8. The molecule has 2 saturated carbocycles. The van der Waals surface area contributed by atoms with Crippen molar-refractivity contribution < 1.29 is 0 Å². The van der Waals surface area contributed by atoms with E-state index in [0.29, 0.717) is 17.5 Å². The third-order valence-corrected chi connectivity index (χ3v) is 10.6. The van der Waals surface area contributed by atoms with Gasteiger partial charge in [0.1, 0.15) is 0 Å². The highest BCUT2D eigenvalue weighted by molar-refractivity contribution is 5.84. The standard InChI is InChI=1S/C41H38N4/c1-26-17-29-18-27(2)23-41(22-26,24-29)37-21-33-20-32(14-16-34(33)36-19-28(25-42)13-15-35(36)37)40-44-38(30-9-5-3-6-10-30)43-39(45-40)31-11-7-4-8-12-31/h3-15,19-21,26-27,29,34H,16-18,22-24H2,1-2H3/t26-,27+,29?,34?,41?. The van der Waals surface area contributed by atoms with Crippen molar-refractivity contribution in [2.24, 2.45) is 23.2 Å². The zero-order valence-corrected chi connectivity index (χ0v) is 26.1. The van der Waals surface area contributed by atoms with E-state index in [2.05, 4.69) is 74.5 Å². The Balaban J connectivity index is 1.27. The van der Waals surface area contributed by atoms with Crippen LogP contribution in [0.5, 0.6) is 0 Å². The topological polar surface area (TPSA) is 62.5 Å². The van der Waals surface area contributed by atoms with Gasteiger partial charge in [-0.2, -0.15) is 5.26 Å². The van der Waals surface area contributed by atoms with Gasteiger partial charge in [0.2, 0.25) is 0 Å². The molecule has 0 saturated heterocycles. The van der Waals surface area contributed by atoms with Crippen molar-refractivity contribution >= 4 is 11.1 Å². The Morgan fingerprint density at radius 1 is 0.733 bits per heavy atom. The lowest BCUT2D eigenvalue weighted by molar-refractivity contribution is 0.0629. The van der Waals surface area contributed by atoms with Gasteiger partial charge >= 0.3 is 0 Å². The number of hydrogen-bond donors (Lipinski definition) is 0. The summed E-state index contributed by atoms with van der Waals surface area (Å²) in [6.45, 7) is 4.91. The molecule has 0 aliphatic heterocycles. The van der Waals surface area contributed by atoms with Gasteiger partial charge in [-0.15, -0.1) is 0 Å². The zero-order chi connectivity index (χ0) is 30.5. The second-order valence-corrected chi connectivity index (χ2v) is 14.0. The summed E-state index contributed by atoms with van der Waals surface area (Å²) in [6.07, 6.45) is 14.5. The van der Waals surface area contributed by atoms with Crippen LogP contribution in [0.1, 0.15) is 80.8 Å². The molecule has 4 aliphatic rings. The van der Waals surface area contributed by atoms with Gasteiger partial charge < -0.3 is 0 Å². The van der Waals surface area contributed by atoms with Crippen molar-refractivity contribution in [2.45, 2.75) is 58.3 Å². The van der Waals surface area contributed by atoms with Gasteiger partial charge in [-0.25, -0.2) is 15.0 Å². The van der Waals surface area contributed by atoms with E-state index in [9.17, 15) is 5.26 Å². The van der Waals surface area contributed by atoms with Crippen LogP contribution in [0.15, 0.2) is 103 Å². The Kier molecular flexibility index (Phi) is 6.86. The summed E-state index contributed by atoms with van der Waals surface area (Å²) >= 11 is 0. The predicted octanol–water partition coefficient (Wildman–Crippen LogP) is 9.82.